The molecular weight excluding hydrogens is 273 g/mol. The largest absolute Gasteiger partial charge is 0.325 e. The number of halogens is 2. The van der Waals surface area contributed by atoms with E-state index < -0.39 is 17.3 Å². The number of aromatic nitrogens is 2. The summed E-state index contributed by atoms with van der Waals surface area (Å²) in [6.07, 6.45) is 1.19. The van der Waals surface area contributed by atoms with Gasteiger partial charge in [0.15, 0.2) is 0 Å². The van der Waals surface area contributed by atoms with Crippen molar-refractivity contribution >= 4 is 23.2 Å². The minimum absolute atomic E-state index is 0.0696. The molecule has 2 rings (SSSR count). The fourth-order valence-electron chi connectivity index (χ4n) is 1.41. The third kappa shape index (κ3) is 3.62. The average Bonchev–Trinajstić information content (AvgIpc) is 2.36. The van der Waals surface area contributed by atoms with Crippen molar-refractivity contribution in [1.29, 1.82) is 0 Å². The molecular formula is C12H9ClFN3O2. The predicted molar refractivity (Wildman–Crippen MR) is 68.5 cm³/mol. The molecule has 0 spiro atoms. The monoisotopic (exact) mass is 281 g/mol. The van der Waals surface area contributed by atoms with Gasteiger partial charge in [-0.3, -0.25) is 14.2 Å². The van der Waals surface area contributed by atoms with E-state index in [1.807, 2.05) is 0 Å². The van der Waals surface area contributed by atoms with Crippen molar-refractivity contribution < 1.29 is 9.18 Å². The Morgan fingerprint density at radius 1 is 1.37 bits per heavy atom. The van der Waals surface area contributed by atoms with Crippen LogP contribution in [0.3, 0.4) is 0 Å². The van der Waals surface area contributed by atoms with Crippen molar-refractivity contribution in [3.63, 3.8) is 0 Å². The van der Waals surface area contributed by atoms with Gasteiger partial charge in [0, 0.05) is 11.8 Å². The van der Waals surface area contributed by atoms with Crippen molar-refractivity contribution in [3.8, 4) is 0 Å². The van der Waals surface area contributed by atoms with Crippen LogP contribution in [0.2, 0.25) is 5.15 Å². The molecule has 7 heteroatoms. The van der Waals surface area contributed by atoms with Crippen molar-refractivity contribution in [2.45, 2.75) is 6.54 Å². The van der Waals surface area contributed by atoms with E-state index in [9.17, 15) is 14.0 Å². The Hall–Kier alpha value is -2.21. The van der Waals surface area contributed by atoms with Gasteiger partial charge < -0.3 is 5.32 Å². The molecule has 98 valence electrons. The van der Waals surface area contributed by atoms with E-state index in [2.05, 4.69) is 10.3 Å². The zero-order valence-corrected chi connectivity index (χ0v) is 10.4. The van der Waals surface area contributed by atoms with Gasteiger partial charge in [-0.2, -0.15) is 0 Å². The normalized spacial score (nSPS) is 10.2. The molecule has 0 aliphatic rings. The number of amides is 1. The lowest BCUT2D eigenvalue weighted by Crippen LogP contribution is -2.27. The first-order valence-electron chi connectivity index (χ1n) is 5.32. The summed E-state index contributed by atoms with van der Waals surface area (Å²) in [7, 11) is 0. The number of carbonyl (C=O) groups is 1. The molecule has 1 heterocycles. The third-order valence-electron chi connectivity index (χ3n) is 2.29. The van der Waals surface area contributed by atoms with Crippen LogP contribution in [-0.4, -0.2) is 15.5 Å². The first-order chi connectivity index (χ1) is 9.04. The molecule has 1 amide bonds. The highest BCUT2D eigenvalue weighted by Gasteiger charge is 2.06. The summed E-state index contributed by atoms with van der Waals surface area (Å²) in [5, 5.41) is 2.60. The summed E-state index contributed by atoms with van der Waals surface area (Å²) in [5.41, 5.74) is 0.0237. The van der Waals surface area contributed by atoms with Crippen molar-refractivity contribution in [2.75, 3.05) is 5.32 Å². The fraction of sp³-hybridized carbons (Fsp3) is 0.0833. The molecule has 19 heavy (non-hydrogen) atoms. The van der Waals surface area contributed by atoms with Crippen LogP contribution in [0.5, 0.6) is 0 Å². The molecule has 1 N–H and O–H groups in total. The maximum atomic E-state index is 12.7. The molecule has 2 aromatic rings. The summed E-state index contributed by atoms with van der Waals surface area (Å²) in [6.45, 7) is -0.194. The molecule has 0 aliphatic carbocycles. The van der Waals surface area contributed by atoms with E-state index in [-0.39, 0.29) is 11.7 Å². The Morgan fingerprint density at radius 2 is 2.05 bits per heavy atom. The van der Waals surface area contributed by atoms with Crippen LogP contribution < -0.4 is 10.9 Å². The van der Waals surface area contributed by atoms with Gasteiger partial charge in [-0.25, -0.2) is 9.37 Å². The zero-order chi connectivity index (χ0) is 13.8. The topological polar surface area (TPSA) is 64.0 Å². The molecule has 0 atom stereocenters. The second-order valence-corrected chi connectivity index (χ2v) is 4.12. The second kappa shape index (κ2) is 5.62. The zero-order valence-electron chi connectivity index (χ0n) is 9.64. The number of hydrogen-bond donors (Lipinski definition) is 1. The number of hydrogen-bond acceptors (Lipinski definition) is 3. The summed E-state index contributed by atoms with van der Waals surface area (Å²) in [6, 6.07) is 6.43. The summed E-state index contributed by atoms with van der Waals surface area (Å²) in [5.74, 6) is -0.811. The lowest BCUT2D eigenvalue weighted by atomic mass is 10.3. The summed E-state index contributed by atoms with van der Waals surface area (Å²) < 4.78 is 13.8. The van der Waals surface area contributed by atoms with E-state index in [4.69, 9.17) is 11.6 Å². The highest BCUT2D eigenvalue weighted by Crippen LogP contribution is 2.08. The maximum Gasteiger partial charge on any atom is 0.255 e. The van der Waals surface area contributed by atoms with Crippen LogP contribution in [0, 0.1) is 5.82 Å². The number of anilines is 1. The summed E-state index contributed by atoms with van der Waals surface area (Å²) >= 11 is 5.54. The molecule has 0 aliphatic heterocycles. The summed E-state index contributed by atoms with van der Waals surface area (Å²) in [4.78, 5) is 26.9. The molecule has 1 aromatic heterocycles. The molecule has 5 nitrogen and oxygen atoms in total. The molecule has 0 unspecified atom stereocenters. The quantitative estimate of drug-likeness (QED) is 0.871. The number of nitrogens with one attached hydrogen (secondary N) is 1. The van der Waals surface area contributed by atoms with E-state index in [0.717, 1.165) is 10.6 Å². The number of carbonyl (C=O) groups excluding carboxylic acids is 1. The van der Waals surface area contributed by atoms with Gasteiger partial charge in [-0.15, -0.1) is 0 Å². The Bertz CT molecular complexity index is 655. The Morgan fingerprint density at radius 3 is 2.68 bits per heavy atom. The first-order valence-corrected chi connectivity index (χ1v) is 5.70. The second-order valence-electron chi connectivity index (χ2n) is 3.73. The van der Waals surface area contributed by atoms with Crippen molar-refractivity contribution in [2.24, 2.45) is 0 Å². The molecule has 0 saturated heterocycles. The van der Waals surface area contributed by atoms with E-state index in [0.29, 0.717) is 5.69 Å². The minimum Gasteiger partial charge on any atom is -0.325 e. The van der Waals surface area contributed by atoms with Crippen molar-refractivity contribution in [3.05, 3.63) is 58.0 Å². The van der Waals surface area contributed by atoms with Gasteiger partial charge in [-0.05, 0) is 24.3 Å². The molecule has 0 bridgehead atoms. The van der Waals surface area contributed by atoms with Crippen LogP contribution in [0.25, 0.3) is 0 Å². The molecule has 0 fully saturated rings. The SMILES string of the molecule is O=C(Cn1cnc(Cl)cc1=O)Nc1ccc(F)cc1. The lowest BCUT2D eigenvalue weighted by Gasteiger charge is -2.06. The molecule has 0 saturated carbocycles. The highest BCUT2D eigenvalue weighted by atomic mass is 35.5. The van der Waals surface area contributed by atoms with E-state index >= 15 is 0 Å². The van der Waals surface area contributed by atoms with Crippen LogP contribution in [0.4, 0.5) is 10.1 Å². The number of rotatable bonds is 3. The van der Waals surface area contributed by atoms with Gasteiger partial charge in [0.2, 0.25) is 5.91 Å². The molecule has 0 radical (unpaired) electrons. The van der Waals surface area contributed by atoms with Crippen LogP contribution in [0.1, 0.15) is 0 Å². The van der Waals surface area contributed by atoms with E-state index in [1.165, 1.54) is 30.6 Å². The average molecular weight is 282 g/mol. The minimum atomic E-state index is -0.422. The molecule has 1 aromatic carbocycles. The number of nitrogens with zero attached hydrogens (tertiary/aromatic N) is 2. The van der Waals surface area contributed by atoms with Gasteiger partial charge in [-0.1, -0.05) is 11.6 Å². The predicted octanol–water partition coefficient (Wildman–Crippen LogP) is 1.67. The Labute approximate surface area is 112 Å². The smallest absolute Gasteiger partial charge is 0.255 e. The Balaban J connectivity index is 2.05. The lowest BCUT2D eigenvalue weighted by molar-refractivity contribution is -0.116. The maximum absolute atomic E-state index is 12.7. The standard InChI is InChI=1S/C12H9ClFN3O2/c13-10-5-12(19)17(7-15-10)6-11(18)16-9-3-1-8(14)2-4-9/h1-5,7H,6H2,(H,16,18). The fourth-order valence-corrected chi connectivity index (χ4v) is 1.55. The third-order valence-corrected chi connectivity index (χ3v) is 2.49. The van der Waals surface area contributed by atoms with Gasteiger partial charge in [0.25, 0.3) is 5.56 Å². The number of benzene rings is 1. The van der Waals surface area contributed by atoms with Crippen molar-refractivity contribution in [1.82, 2.24) is 9.55 Å². The van der Waals surface area contributed by atoms with Crippen LogP contribution in [0.15, 0.2) is 41.5 Å². The van der Waals surface area contributed by atoms with Crippen LogP contribution >= 0.6 is 11.6 Å². The van der Waals surface area contributed by atoms with Gasteiger partial charge in [0.1, 0.15) is 17.5 Å². The highest BCUT2D eigenvalue weighted by molar-refractivity contribution is 6.29. The van der Waals surface area contributed by atoms with Crippen LogP contribution in [-0.2, 0) is 11.3 Å². The van der Waals surface area contributed by atoms with E-state index in [1.54, 1.807) is 0 Å². The first kappa shape index (κ1) is 13.2. The van der Waals surface area contributed by atoms with Gasteiger partial charge in [0.05, 0.1) is 6.33 Å². The van der Waals surface area contributed by atoms with Gasteiger partial charge >= 0.3 is 0 Å². The Kier molecular flexibility index (Phi) is 3.91.